The first-order valence-corrected chi connectivity index (χ1v) is 13.3. The number of hydrogen-bond acceptors (Lipinski definition) is 6. The average molecular weight is 546 g/mol. The van der Waals surface area contributed by atoms with Gasteiger partial charge in [-0.15, -0.1) is 11.3 Å². The van der Waals surface area contributed by atoms with E-state index in [1.807, 2.05) is 54.6 Å². The number of pyridine rings is 3. The first-order chi connectivity index (χ1) is 19.6. The van der Waals surface area contributed by atoms with Crippen LogP contribution >= 0.6 is 11.3 Å². The summed E-state index contributed by atoms with van der Waals surface area (Å²) in [6.45, 7) is 0. The van der Waals surface area contributed by atoms with Crippen LogP contribution in [0.3, 0.4) is 0 Å². The minimum Gasteiger partial charge on any atom is -0.353 e. The van der Waals surface area contributed by atoms with Crippen LogP contribution < -0.4 is 5.32 Å². The van der Waals surface area contributed by atoms with Crippen LogP contribution in [0.5, 0.6) is 0 Å². The maximum absolute atomic E-state index is 13.7. The third kappa shape index (κ3) is 4.50. The number of H-pyrrole nitrogens is 2. The van der Waals surface area contributed by atoms with E-state index in [4.69, 9.17) is 0 Å². The van der Waals surface area contributed by atoms with Crippen molar-refractivity contribution in [3.05, 3.63) is 102 Å². The minimum absolute atomic E-state index is 0.122. The van der Waals surface area contributed by atoms with Gasteiger partial charge in [-0.05, 0) is 42.0 Å². The highest BCUT2D eigenvalue weighted by atomic mass is 32.1. The standard InChI is InChI=1S/C30H20FN7OS/c31-27-7-6-26(40-27)30-20-13-24(36-22(20)8-9-33-30)29-21-12-23(34-16-25(21)37-38-29)18-11-19(15-32-14-18)35-28(39)10-17-4-2-1-3-5-17/h1-9,11-16,36H,10H2,(H,35,39)(H,37,38). The molecule has 0 aliphatic rings. The number of benzene rings is 1. The number of anilines is 1. The van der Waals surface area contributed by atoms with E-state index in [9.17, 15) is 9.18 Å². The molecule has 1 amide bonds. The molecule has 6 heterocycles. The van der Waals surface area contributed by atoms with E-state index >= 15 is 0 Å². The molecule has 7 aromatic rings. The fourth-order valence-electron chi connectivity index (χ4n) is 4.73. The smallest absolute Gasteiger partial charge is 0.228 e. The Kier molecular flexibility index (Phi) is 5.86. The highest BCUT2D eigenvalue weighted by Gasteiger charge is 2.16. The second-order valence-corrected chi connectivity index (χ2v) is 10.3. The maximum Gasteiger partial charge on any atom is 0.228 e. The fraction of sp³-hybridized carbons (Fsp3) is 0.0333. The quantitative estimate of drug-likeness (QED) is 0.218. The summed E-state index contributed by atoms with van der Waals surface area (Å²) >= 11 is 1.06. The van der Waals surface area contributed by atoms with Gasteiger partial charge in [0.1, 0.15) is 5.69 Å². The van der Waals surface area contributed by atoms with Gasteiger partial charge in [-0.25, -0.2) is 0 Å². The molecular weight excluding hydrogens is 525 g/mol. The van der Waals surface area contributed by atoms with Gasteiger partial charge < -0.3 is 10.3 Å². The Bertz CT molecular complexity index is 2010. The van der Waals surface area contributed by atoms with Crippen molar-refractivity contribution in [1.82, 2.24) is 30.1 Å². The zero-order valence-electron chi connectivity index (χ0n) is 20.9. The zero-order valence-corrected chi connectivity index (χ0v) is 21.7. The first-order valence-electron chi connectivity index (χ1n) is 12.5. The van der Waals surface area contributed by atoms with Gasteiger partial charge in [0.15, 0.2) is 5.13 Å². The molecule has 0 atom stereocenters. The summed E-state index contributed by atoms with van der Waals surface area (Å²) < 4.78 is 13.7. The number of thiophene rings is 1. The van der Waals surface area contributed by atoms with Crippen molar-refractivity contribution >= 4 is 44.7 Å². The number of aromatic amines is 2. The molecule has 3 N–H and O–H groups in total. The molecule has 0 radical (unpaired) electrons. The molecule has 0 unspecified atom stereocenters. The number of nitrogens with one attached hydrogen (secondary N) is 3. The lowest BCUT2D eigenvalue weighted by molar-refractivity contribution is -0.115. The van der Waals surface area contributed by atoms with Crippen LogP contribution in [-0.4, -0.2) is 36.0 Å². The van der Waals surface area contributed by atoms with E-state index in [0.29, 0.717) is 17.1 Å². The van der Waals surface area contributed by atoms with Crippen LogP contribution in [0.2, 0.25) is 0 Å². The van der Waals surface area contributed by atoms with Crippen molar-refractivity contribution in [3.8, 4) is 33.2 Å². The molecular formula is C30H20FN7OS. The number of carbonyl (C=O) groups excluding carboxylic acids is 1. The lowest BCUT2D eigenvalue weighted by Crippen LogP contribution is -2.14. The van der Waals surface area contributed by atoms with Gasteiger partial charge in [-0.1, -0.05) is 30.3 Å². The van der Waals surface area contributed by atoms with Gasteiger partial charge in [-0.2, -0.15) is 9.49 Å². The summed E-state index contributed by atoms with van der Waals surface area (Å²) in [5, 5.41) is 12.0. The summed E-state index contributed by atoms with van der Waals surface area (Å²) in [5.41, 5.74) is 6.86. The van der Waals surface area contributed by atoms with Crippen LogP contribution in [0.4, 0.5) is 10.1 Å². The summed E-state index contributed by atoms with van der Waals surface area (Å²) in [6, 6.07) is 20.4. The number of rotatable bonds is 6. The maximum atomic E-state index is 13.7. The molecule has 1 aromatic carbocycles. The molecule has 0 aliphatic carbocycles. The van der Waals surface area contributed by atoms with Crippen LogP contribution in [0.1, 0.15) is 5.56 Å². The summed E-state index contributed by atoms with van der Waals surface area (Å²) in [6.07, 6.45) is 7.03. The molecule has 10 heteroatoms. The molecule has 6 aromatic heterocycles. The highest BCUT2D eigenvalue weighted by molar-refractivity contribution is 7.13. The molecule has 0 saturated heterocycles. The van der Waals surface area contributed by atoms with Crippen LogP contribution in [0.15, 0.2) is 91.5 Å². The van der Waals surface area contributed by atoms with Crippen molar-refractivity contribution < 1.29 is 9.18 Å². The number of nitrogens with zero attached hydrogens (tertiary/aromatic N) is 4. The molecule has 0 aliphatic heterocycles. The third-order valence-electron chi connectivity index (χ3n) is 6.58. The lowest BCUT2D eigenvalue weighted by atomic mass is 10.1. The lowest BCUT2D eigenvalue weighted by Gasteiger charge is -2.07. The highest BCUT2D eigenvalue weighted by Crippen LogP contribution is 2.35. The van der Waals surface area contributed by atoms with Crippen molar-refractivity contribution in [1.29, 1.82) is 0 Å². The van der Waals surface area contributed by atoms with Crippen molar-refractivity contribution in [2.24, 2.45) is 0 Å². The monoisotopic (exact) mass is 545 g/mol. The molecule has 8 nitrogen and oxygen atoms in total. The number of amides is 1. The Hall–Kier alpha value is -5.22. The Morgan fingerprint density at radius 1 is 0.900 bits per heavy atom. The average Bonchev–Trinajstić information content (AvgIpc) is 3.71. The summed E-state index contributed by atoms with van der Waals surface area (Å²) in [5.74, 6) is -0.122. The molecule has 194 valence electrons. The molecule has 0 saturated carbocycles. The van der Waals surface area contributed by atoms with Crippen LogP contribution in [0.25, 0.3) is 55.0 Å². The predicted octanol–water partition coefficient (Wildman–Crippen LogP) is 6.61. The van der Waals surface area contributed by atoms with Gasteiger partial charge in [0, 0.05) is 34.2 Å². The Labute approximate surface area is 231 Å². The van der Waals surface area contributed by atoms with E-state index in [-0.39, 0.29) is 17.5 Å². The van der Waals surface area contributed by atoms with E-state index in [1.165, 1.54) is 6.07 Å². The predicted molar refractivity (Wildman–Crippen MR) is 154 cm³/mol. The summed E-state index contributed by atoms with van der Waals surface area (Å²) in [4.78, 5) is 30.2. The second-order valence-electron chi connectivity index (χ2n) is 9.27. The van der Waals surface area contributed by atoms with Gasteiger partial charge in [0.25, 0.3) is 0 Å². The number of fused-ring (bicyclic) bond motifs is 2. The van der Waals surface area contributed by atoms with Crippen LogP contribution in [-0.2, 0) is 11.2 Å². The normalized spacial score (nSPS) is 11.3. The van der Waals surface area contributed by atoms with Crippen molar-refractivity contribution in [2.45, 2.75) is 6.42 Å². The molecule has 40 heavy (non-hydrogen) atoms. The number of halogens is 1. The number of hydrogen-bond donors (Lipinski definition) is 3. The topological polar surface area (TPSA) is 112 Å². The minimum atomic E-state index is -0.253. The van der Waals surface area contributed by atoms with Gasteiger partial charge >= 0.3 is 0 Å². The Morgan fingerprint density at radius 2 is 1.77 bits per heavy atom. The Balaban J connectivity index is 1.21. The van der Waals surface area contributed by atoms with Gasteiger partial charge in [0.2, 0.25) is 5.91 Å². The summed E-state index contributed by atoms with van der Waals surface area (Å²) in [7, 11) is 0. The largest absolute Gasteiger partial charge is 0.353 e. The number of carbonyl (C=O) groups is 1. The van der Waals surface area contributed by atoms with Crippen molar-refractivity contribution in [2.75, 3.05) is 5.32 Å². The fourth-order valence-corrected chi connectivity index (χ4v) is 5.48. The molecule has 7 rings (SSSR count). The second kappa shape index (κ2) is 9.83. The molecule has 0 spiro atoms. The van der Waals surface area contributed by atoms with E-state index in [0.717, 1.165) is 60.5 Å². The van der Waals surface area contributed by atoms with Crippen LogP contribution in [0, 0.1) is 5.13 Å². The van der Waals surface area contributed by atoms with Crippen molar-refractivity contribution in [3.63, 3.8) is 0 Å². The third-order valence-corrected chi connectivity index (χ3v) is 7.46. The van der Waals surface area contributed by atoms with Gasteiger partial charge in [0.05, 0.1) is 52.0 Å². The van der Waals surface area contributed by atoms with E-state index in [1.54, 1.807) is 30.9 Å². The molecule has 0 fully saturated rings. The SMILES string of the molecule is O=C(Cc1ccccc1)Nc1cncc(-c2cc3c(-c4cc5c(-c6ccc(F)s6)nccc5[nH]4)n[nH]c3cn2)c1. The first kappa shape index (κ1) is 23.9. The van der Waals surface area contributed by atoms with Gasteiger partial charge in [-0.3, -0.25) is 24.8 Å². The van der Waals surface area contributed by atoms with E-state index < -0.39 is 0 Å². The molecule has 0 bridgehead atoms. The Morgan fingerprint density at radius 3 is 2.62 bits per heavy atom. The van der Waals surface area contributed by atoms with E-state index in [2.05, 4.69) is 35.5 Å². The zero-order chi connectivity index (χ0) is 27.1. The number of aromatic nitrogens is 6.